The van der Waals surface area contributed by atoms with E-state index in [1.165, 1.54) is 0 Å². The zero-order valence-electron chi connectivity index (χ0n) is 10.7. The fourth-order valence-electron chi connectivity index (χ4n) is 2.32. The lowest BCUT2D eigenvalue weighted by Crippen LogP contribution is -2.04. The van der Waals surface area contributed by atoms with Gasteiger partial charge < -0.3 is 10.5 Å². The molecule has 0 atom stereocenters. The molecule has 3 nitrogen and oxygen atoms in total. The molecular weight excluding hydrogens is 212 g/mol. The Bertz CT molecular complexity index is 562. The molecule has 0 fully saturated rings. The number of aromatic nitrogens is 1. The summed E-state index contributed by atoms with van der Waals surface area (Å²) in [6.45, 7) is 6.26. The number of pyridine rings is 1. The van der Waals surface area contributed by atoms with Crippen molar-refractivity contribution in [3.8, 4) is 5.75 Å². The number of nitrogens with two attached hydrogens (primary N) is 1. The molecule has 0 aliphatic carbocycles. The molecule has 17 heavy (non-hydrogen) atoms. The van der Waals surface area contributed by atoms with Gasteiger partial charge in [-0.3, -0.25) is 0 Å². The van der Waals surface area contributed by atoms with E-state index in [2.05, 4.69) is 18.8 Å². The van der Waals surface area contributed by atoms with Crippen molar-refractivity contribution in [3.63, 3.8) is 0 Å². The molecule has 0 saturated carbocycles. The summed E-state index contributed by atoms with van der Waals surface area (Å²) in [5.74, 6) is 1.14. The van der Waals surface area contributed by atoms with E-state index in [1.54, 1.807) is 7.11 Å². The van der Waals surface area contributed by atoms with Crippen molar-refractivity contribution in [3.05, 3.63) is 29.5 Å². The molecule has 1 aromatic carbocycles. The number of fused-ring (bicyclic) bond motifs is 1. The van der Waals surface area contributed by atoms with Crippen molar-refractivity contribution in [1.29, 1.82) is 0 Å². The molecule has 0 unspecified atom stereocenters. The van der Waals surface area contributed by atoms with Crippen LogP contribution >= 0.6 is 0 Å². The van der Waals surface area contributed by atoms with Crippen LogP contribution in [0.15, 0.2) is 18.2 Å². The predicted molar refractivity (Wildman–Crippen MR) is 71.5 cm³/mol. The zero-order chi connectivity index (χ0) is 12.6. The van der Waals surface area contributed by atoms with E-state index in [-0.39, 0.29) is 0 Å². The highest BCUT2D eigenvalue weighted by Crippen LogP contribution is 2.34. The Kier molecular flexibility index (Phi) is 2.92. The number of nitrogens with zero attached hydrogens (tertiary/aromatic N) is 1. The summed E-state index contributed by atoms with van der Waals surface area (Å²) in [6, 6.07) is 5.84. The molecule has 2 aromatic rings. The topological polar surface area (TPSA) is 48.1 Å². The van der Waals surface area contributed by atoms with Crippen LogP contribution in [-0.2, 0) is 0 Å². The maximum Gasteiger partial charge on any atom is 0.145 e. The predicted octanol–water partition coefficient (Wildman–Crippen LogP) is 3.26. The van der Waals surface area contributed by atoms with E-state index in [0.717, 1.165) is 33.6 Å². The number of hydrogen-bond acceptors (Lipinski definition) is 3. The summed E-state index contributed by atoms with van der Waals surface area (Å²) < 4.78 is 5.32. The van der Waals surface area contributed by atoms with Gasteiger partial charge in [-0.05, 0) is 24.5 Å². The molecule has 0 amide bonds. The molecule has 3 heteroatoms. The normalized spacial score (nSPS) is 11.1. The Hall–Kier alpha value is -1.77. The molecule has 0 spiro atoms. The molecule has 0 aliphatic heterocycles. The summed E-state index contributed by atoms with van der Waals surface area (Å²) in [5.41, 5.74) is 10.0. The minimum Gasteiger partial charge on any atom is -0.494 e. The van der Waals surface area contributed by atoms with Crippen LogP contribution in [0.25, 0.3) is 10.9 Å². The van der Waals surface area contributed by atoms with Crippen LogP contribution < -0.4 is 10.5 Å². The van der Waals surface area contributed by atoms with Crippen LogP contribution in [0.1, 0.15) is 31.0 Å². The standard InChI is InChI=1S/C14H18N2O/c1-8(2)12-9(3)16-14-10(13(12)15)6-5-7-11(14)17-4/h5-8H,1-4H3,(H2,15,16). The van der Waals surface area contributed by atoms with Crippen LogP contribution in [0.4, 0.5) is 5.69 Å². The Labute approximate surface area is 102 Å². The van der Waals surface area contributed by atoms with Gasteiger partial charge in [0.05, 0.1) is 7.11 Å². The van der Waals surface area contributed by atoms with Crippen LogP contribution in [-0.4, -0.2) is 12.1 Å². The van der Waals surface area contributed by atoms with Crippen molar-refractivity contribution in [2.24, 2.45) is 0 Å². The van der Waals surface area contributed by atoms with Crippen LogP contribution in [0.3, 0.4) is 0 Å². The summed E-state index contributed by atoms with van der Waals surface area (Å²) in [6.07, 6.45) is 0. The van der Waals surface area contributed by atoms with Crippen molar-refractivity contribution < 1.29 is 4.74 Å². The second-order valence-corrected chi connectivity index (χ2v) is 4.54. The van der Waals surface area contributed by atoms with Gasteiger partial charge in [-0.25, -0.2) is 4.98 Å². The third-order valence-corrected chi connectivity index (χ3v) is 3.05. The average molecular weight is 230 g/mol. The first-order valence-corrected chi connectivity index (χ1v) is 5.79. The van der Waals surface area contributed by atoms with Gasteiger partial charge in [0.25, 0.3) is 0 Å². The highest BCUT2D eigenvalue weighted by molar-refractivity contribution is 5.95. The van der Waals surface area contributed by atoms with Gasteiger partial charge in [0, 0.05) is 16.8 Å². The lowest BCUT2D eigenvalue weighted by atomic mass is 9.97. The number of aryl methyl sites for hydroxylation is 1. The molecule has 0 radical (unpaired) electrons. The van der Waals surface area contributed by atoms with Crippen LogP contribution in [0.2, 0.25) is 0 Å². The minimum absolute atomic E-state index is 0.373. The molecule has 0 saturated heterocycles. The molecule has 2 N–H and O–H groups in total. The van der Waals surface area contributed by atoms with Gasteiger partial charge in [-0.15, -0.1) is 0 Å². The molecular formula is C14H18N2O. The first kappa shape index (κ1) is 11.7. The van der Waals surface area contributed by atoms with Gasteiger partial charge in [0.1, 0.15) is 11.3 Å². The summed E-state index contributed by atoms with van der Waals surface area (Å²) >= 11 is 0. The number of benzene rings is 1. The number of anilines is 1. The van der Waals surface area contributed by atoms with Gasteiger partial charge in [-0.2, -0.15) is 0 Å². The minimum atomic E-state index is 0.373. The third kappa shape index (κ3) is 1.82. The lowest BCUT2D eigenvalue weighted by molar-refractivity contribution is 0.419. The van der Waals surface area contributed by atoms with Gasteiger partial charge in [0.15, 0.2) is 0 Å². The van der Waals surface area contributed by atoms with E-state index >= 15 is 0 Å². The molecule has 0 aliphatic rings. The smallest absolute Gasteiger partial charge is 0.145 e. The van der Waals surface area contributed by atoms with Gasteiger partial charge >= 0.3 is 0 Å². The van der Waals surface area contributed by atoms with Crippen LogP contribution in [0, 0.1) is 6.92 Å². The van der Waals surface area contributed by atoms with E-state index in [4.69, 9.17) is 10.5 Å². The van der Waals surface area contributed by atoms with Gasteiger partial charge in [-0.1, -0.05) is 26.0 Å². The number of hydrogen-bond donors (Lipinski definition) is 1. The summed E-state index contributed by atoms with van der Waals surface area (Å²) in [5, 5.41) is 0.971. The van der Waals surface area contributed by atoms with E-state index in [9.17, 15) is 0 Å². The maximum atomic E-state index is 6.25. The quantitative estimate of drug-likeness (QED) is 0.861. The largest absolute Gasteiger partial charge is 0.494 e. The lowest BCUT2D eigenvalue weighted by Gasteiger charge is -2.16. The van der Waals surface area contributed by atoms with Gasteiger partial charge in [0.2, 0.25) is 0 Å². The second-order valence-electron chi connectivity index (χ2n) is 4.54. The monoisotopic (exact) mass is 230 g/mol. The molecule has 1 aromatic heterocycles. The number of methoxy groups -OCH3 is 1. The van der Waals surface area contributed by atoms with E-state index < -0.39 is 0 Å². The average Bonchev–Trinajstić information content (AvgIpc) is 2.28. The fourth-order valence-corrected chi connectivity index (χ4v) is 2.32. The van der Waals surface area contributed by atoms with Crippen molar-refractivity contribution in [2.75, 3.05) is 12.8 Å². The Morgan fingerprint density at radius 3 is 2.59 bits per heavy atom. The number of para-hydroxylation sites is 1. The first-order chi connectivity index (χ1) is 8.06. The highest BCUT2D eigenvalue weighted by Gasteiger charge is 2.14. The van der Waals surface area contributed by atoms with Crippen molar-refractivity contribution in [2.45, 2.75) is 26.7 Å². The fraction of sp³-hybridized carbons (Fsp3) is 0.357. The maximum absolute atomic E-state index is 6.25. The molecule has 0 bridgehead atoms. The van der Waals surface area contributed by atoms with Crippen molar-refractivity contribution in [1.82, 2.24) is 4.98 Å². The Balaban J connectivity index is 2.85. The number of nitrogen functional groups attached to an aromatic ring is 1. The van der Waals surface area contributed by atoms with Crippen molar-refractivity contribution >= 4 is 16.6 Å². The second kappa shape index (κ2) is 4.24. The Morgan fingerprint density at radius 1 is 1.29 bits per heavy atom. The zero-order valence-corrected chi connectivity index (χ0v) is 10.7. The molecule has 90 valence electrons. The third-order valence-electron chi connectivity index (χ3n) is 3.05. The SMILES string of the molecule is COc1cccc2c(N)c(C(C)C)c(C)nc12. The van der Waals surface area contributed by atoms with E-state index in [1.807, 2.05) is 25.1 Å². The number of rotatable bonds is 2. The molecule has 1 heterocycles. The highest BCUT2D eigenvalue weighted by atomic mass is 16.5. The Morgan fingerprint density at radius 2 is 2.00 bits per heavy atom. The molecule has 2 rings (SSSR count). The van der Waals surface area contributed by atoms with Crippen LogP contribution in [0.5, 0.6) is 5.75 Å². The first-order valence-electron chi connectivity index (χ1n) is 5.79. The van der Waals surface area contributed by atoms with E-state index in [0.29, 0.717) is 5.92 Å². The summed E-state index contributed by atoms with van der Waals surface area (Å²) in [4.78, 5) is 4.62. The number of ether oxygens (including phenoxy) is 1. The summed E-state index contributed by atoms with van der Waals surface area (Å²) in [7, 11) is 1.65.